The van der Waals surface area contributed by atoms with Crippen LogP contribution in [0.1, 0.15) is 30.0 Å². The first kappa shape index (κ1) is 22.7. The van der Waals surface area contributed by atoms with Crippen molar-refractivity contribution in [1.29, 1.82) is 0 Å². The Morgan fingerprint density at radius 2 is 1.79 bits per heavy atom. The lowest BCUT2D eigenvalue weighted by Crippen LogP contribution is -2.12. The predicted molar refractivity (Wildman–Crippen MR) is 132 cm³/mol. The number of allylic oxidation sites excluding steroid dienone is 2. The molecular formula is C27H24FNO3S. The standard InChI is InChI=1S/C27H24FNO3S/c1-17-22(14-18-8-11-20(12-9-18)33(3)31)21-13-10-19(28)15-24(21)23(17)16-27(30)29-25-6-4-5-7-26(25)32-2/h4-15H,16H2,1-3H3,(H,29,30)/b22-14+/t33-/m1/s1. The molecule has 1 amide bonds. The van der Waals surface area contributed by atoms with Crippen LogP contribution in [-0.4, -0.2) is 23.5 Å². The topological polar surface area (TPSA) is 55.4 Å². The van der Waals surface area contributed by atoms with Gasteiger partial charge in [-0.2, -0.15) is 0 Å². The molecule has 4 rings (SSSR count). The Morgan fingerprint density at radius 3 is 2.48 bits per heavy atom. The Bertz CT molecular complexity index is 1310. The van der Waals surface area contributed by atoms with Crippen molar-refractivity contribution in [2.75, 3.05) is 18.7 Å². The predicted octanol–water partition coefficient (Wildman–Crippen LogP) is 5.93. The number of benzene rings is 3. The van der Waals surface area contributed by atoms with E-state index in [1.807, 2.05) is 49.4 Å². The highest BCUT2D eigenvalue weighted by Gasteiger charge is 2.26. The van der Waals surface area contributed by atoms with E-state index < -0.39 is 10.8 Å². The Morgan fingerprint density at radius 1 is 1.06 bits per heavy atom. The minimum absolute atomic E-state index is 0.103. The lowest BCUT2D eigenvalue weighted by molar-refractivity contribution is -0.115. The first-order valence-electron chi connectivity index (χ1n) is 10.5. The first-order valence-corrected chi connectivity index (χ1v) is 12.0. The van der Waals surface area contributed by atoms with Crippen molar-refractivity contribution in [2.45, 2.75) is 18.2 Å². The lowest BCUT2D eigenvalue weighted by atomic mass is 10.0. The van der Waals surface area contributed by atoms with Gasteiger partial charge in [0.25, 0.3) is 0 Å². The average Bonchev–Trinajstić information content (AvgIpc) is 3.05. The van der Waals surface area contributed by atoms with Crippen molar-refractivity contribution < 1.29 is 18.1 Å². The summed E-state index contributed by atoms with van der Waals surface area (Å²) in [6.07, 6.45) is 3.76. The summed E-state index contributed by atoms with van der Waals surface area (Å²) >= 11 is 0. The van der Waals surface area contributed by atoms with Crippen LogP contribution >= 0.6 is 0 Å². The number of ether oxygens (including phenoxy) is 1. The quantitative estimate of drug-likeness (QED) is 0.495. The van der Waals surface area contributed by atoms with E-state index >= 15 is 0 Å². The van der Waals surface area contributed by atoms with Gasteiger partial charge in [0, 0.05) is 22.0 Å². The number of anilines is 1. The molecule has 6 heteroatoms. The molecule has 3 aromatic rings. The number of halogens is 1. The van der Waals surface area contributed by atoms with Crippen molar-refractivity contribution in [3.8, 4) is 5.75 Å². The first-order chi connectivity index (χ1) is 15.9. The number of rotatable bonds is 6. The molecule has 0 radical (unpaired) electrons. The summed E-state index contributed by atoms with van der Waals surface area (Å²) in [7, 11) is 0.507. The van der Waals surface area contributed by atoms with E-state index in [1.165, 1.54) is 12.1 Å². The van der Waals surface area contributed by atoms with Gasteiger partial charge in [-0.05, 0) is 82.8 Å². The van der Waals surface area contributed by atoms with Gasteiger partial charge < -0.3 is 10.1 Å². The van der Waals surface area contributed by atoms with E-state index in [0.29, 0.717) is 11.4 Å². The molecule has 1 N–H and O–H groups in total. The maximum Gasteiger partial charge on any atom is 0.228 e. The number of hydrogen-bond acceptors (Lipinski definition) is 3. The number of carbonyl (C=O) groups excluding carboxylic acids is 1. The molecule has 0 spiro atoms. The van der Waals surface area contributed by atoms with E-state index in [0.717, 1.165) is 38.3 Å². The van der Waals surface area contributed by atoms with Gasteiger partial charge in [-0.15, -0.1) is 0 Å². The number of nitrogens with one attached hydrogen (secondary N) is 1. The third-order valence-electron chi connectivity index (χ3n) is 5.70. The molecule has 168 valence electrons. The maximum atomic E-state index is 14.1. The molecule has 0 aromatic heterocycles. The fraction of sp³-hybridized carbons (Fsp3) is 0.148. The lowest BCUT2D eigenvalue weighted by Gasteiger charge is -2.11. The van der Waals surface area contributed by atoms with E-state index in [9.17, 15) is 13.4 Å². The second-order valence-electron chi connectivity index (χ2n) is 7.80. The zero-order valence-electron chi connectivity index (χ0n) is 18.6. The smallest absolute Gasteiger partial charge is 0.228 e. The van der Waals surface area contributed by atoms with Crippen molar-refractivity contribution in [1.82, 2.24) is 0 Å². The van der Waals surface area contributed by atoms with Gasteiger partial charge in [0.1, 0.15) is 11.6 Å². The molecule has 0 saturated heterocycles. The molecular weight excluding hydrogens is 437 g/mol. The van der Waals surface area contributed by atoms with Crippen LogP contribution in [0.3, 0.4) is 0 Å². The highest BCUT2D eigenvalue weighted by molar-refractivity contribution is 7.84. The molecule has 0 aliphatic heterocycles. The summed E-state index contributed by atoms with van der Waals surface area (Å²) in [5, 5.41) is 2.90. The normalized spacial score (nSPS) is 14.8. The second kappa shape index (κ2) is 9.55. The van der Waals surface area contributed by atoms with Crippen LogP contribution in [0.25, 0.3) is 17.2 Å². The fourth-order valence-electron chi connectivity index (χ4n) is 4.01. The molecule has 0 fully saturated rings. The molecule has 33 heavy (non-hydrogen) atoms. The zero-order chi connectivity index (χ0) is 23.5. The third kappa shape index (κ3) is 4.81. The van der Waals surface area contributed by atoms with E-state index in [1.54, 1.807) is 31.6 Å². The van der Waals surface area contributed by atoms with Crippen molar-refractivity contribution >= 4 is 39.6 Å². The summed E-state index contributed by atoms with van der Waals surface area (Å²) in [6, 6.07) is 19.4. The van der Waals surface area contributed by atoms with Gasteiger partial charge in [-0.1, -0.05) is 30.3 Å². The van der Waals surface area contributed by atoms with Gasteiger partial charge in [-0.25, -0.2) is 4.39 Å². The van der Waals surface area contributed by atoms with Gasteiger partial charge in [0.05, 0.1) is 19.2 Å². The fourth-order valence-corrected chi connectivity index (χ4v) is 4.53. The van der Waals surface area contributed by atoms with E-state index in [-0.39, 0.29) is 18.1 Å². The largest absolute Gasteiger partial charge is 0.495 e. The Balaban J connectivity index is 1.68. The summed E-state index contributed by atoms with van der Waals surface area (Å²) in [4.78, 5) is 13.7. The second-order valence-corrected chi connectivity index (χ2v) is 9.18. The van der Waals surface area contributed by atoms with Crippen molar-refractivity contribution in [3.05, 3.63) is 94.8 Å². The van der Waals surface area contributed by atoms with Crippen LogP contribution < -0.4 is 10.1 Å². The summed E-state index contributed by atoms with van der Waals surface area (Å²) in [5.41, 5.74) is 5.79. The number of para-hydroxylation sites is 2. The number of fused-ring (bicyclic) bond motifs is 1. The molecule has 4 nitrogen and oxygen atoms in total. The highest BCUT2D eigenvalue weighted by atomic mass is 32.2. The Labute approximate surface area is 195 Å². The Hall–Kier alpha value is -3.51. The van der Waals surface area contributed by atoms with E-state index in [2.05, 4.69) is 5.32 Å². The van der Waals surface area contributed by atoms with E-state index in [4.69, 9.17) is 4.74 Å². The summed E-state index contributed by atoms with van der Waals surface area (Å²) < 4.78 is 31.1. The minimum Gasteiger partial charge on any atom is -0.495 e. The van der Waals surface area contributed by atoms with Crippen LogP contribution in [0, 0.1) is 5.82 Å². The molecule has 0 unspecified atom stereocenters. The third-order valence-corrected chi connectivity index (χ3v) is 6.63. The molecule has 1 aliphatic carbocycles. The minimum atomic E-state index is -1.04. The van der Waals surface area contributed by atoms with Crippen LogP contribution in [0.5, 0.6) is 5.75 Å². The van der Waals surface area contributed by atoms with Gasteiger partial charge in [0.15, 0.2) is 0 Å². The Kier molecular flexibility index (Phi) is 6.56. The van der Waals surface area contributed by atoms with Gasteiger partial charge in [0.2, 0.25) is 5.91 Å². The van der Waals surface area contributed by atoms with Crippen LogP contribution in [0.4, 0.5) is 10.1 Å². The van der Waals surface area contributed by atoms with Gasteiger partial charge >= 0.3 is 0 Å². The number of methoxy groups -OCH3 is 1. The molecule has 0 heterocycles. The van der Waals surface area contributed by atoms with Crippen LogP contribution in [0.2, 0.25) is 0 Å². The molecule has 3 aromatic carbocycles. The maximum absolute atomic E-state index is 14.1. The van der Waals surface area contributed by atoms with Crippen LogP contribution in [-0.2, 0) is 15.6 Å². The van der Waals surface area contributed by atoms with Crippen LogP contribution in [0.15, 0.2) is 77.2 Å². The highest BCUT2D eigenvalue weighted by Crippen LogP contribution is 2.44. The van der Waals surface area contributed by atoms with Crippen molar-refractivity contribution in [2.24, 2.45) is 0 Å². The molecule has 1 aliphatic rings. The zero-order valence-corrected chi connectivity index (χ0v) is 19.5. The van der Waals surface area contributed by atoms with Crippen molar-refractivity contribution in [3.63, 3.8) is 0 Å². The number of carbonyl (C=O) groups is 1. The number of hydrogen-bond donors (Lipinski definition) is 1. The SMILES string of the molecule is COc1ccccc1NC(=O)CC1=C(C)/C(=C\c2ccc([S@@](C)=O)cc2)c2ccc(F)cc21. The summed E-state index contributed by atoms with van der Waals surface area (Å²) in [5.74, 6) is 0.0202. The average molecular weight is 462 g/mol. The number of amides is 1. The monoisotopic (exact) mass is 461 g/mol. The molecule has 1 atom stereocenters. The molecule has 0 bridgehead atoms. The molecule has 0 saturated carbocycles. The summed E-state index contributed by atoms with van der Waals surface area (Å²) in [6.45, 7) is 1.95. The van der Waals surface area contributed by atoms with Gasteiger partial charge in [-0.3, -0.25) is 9.00 Å².